The van der Waals surface area contributed by atoms with Crippen LogP contribution in [0.4, 0.5) is 0 Å². The van der Waals surface area contributed by atoms with Crippen LogP contribution in [0.15, 0.2) is 40.5 Å². The first-order valence-electron chi connectivity index (χ1n) is 5.59. The molecule has 18 heavy (non-hydrogen) atoms. The Labute approximate surface area is 115 Å². The zero-order valence-electron chi connectivity index (χ0n) is 10.00. The van der Waals surface area contributed by atoms with Crippen molar-refractivity contribution in [1.29, 1.82) is 0 Å². The van der Waals surface area contributed by atoms with Crippen molar-refractivity contribution in [3.05, 3.63) is 56.6 Å². The van der Waals surface area contributed by atoms with Crippen molar-refractivity contribution in [3.8, 4) is 0 Å². The fourth-order valence-electron chi connectivity index (χ4n) is 1.85. The lowest BCUT2D eigenvalue weighted by Gasteiger charge is -2.17. The Morgan fingerprint density at radius 3 is 2.61 bits per heavy atom. The van der Waals surface area contributed by atoms with Gasteiger partial charge in [0.15, 0.2) is 0 Å². The Hall–Kier alpha value is -1.46. The third-order valence-corrected chi connectivity index (χ3v) is 4.05. The molecule has 2 rings (SSSR count). The number of rotatable bonds is 4. The van der Waals surface area contributed by atoms with Gasteiger partial charge in [0.25, 0.3) is 0 Å². The summed E-state index contributed by atoms with van der Waals surface area (Å²) in [5, 5.41) is 1.85. The van der Waals surface area contributed by atoms with Crippen LogP contribution in [-0.4, -0.2) is 9.56 Å². The molecule has 0 fully saturated rings. The molecule has 2 N–H and O–H groups in total. The van der Waals surface area contributed by atoms with Crippen molar-refractivity contribution in [2.75, 3.05) is 0 Å². The van der Waals surface area contributed by atoms with Crippen molar-refractivity contribution in [2.45, 2.75) is 19.4 Å². The first-order valence-corrected chi connectivity index (χ1v) is 6.87. The van der Waals surface area contributed by atoms with Gasteiger partial charge in [0.2, 0.25) is 0 Å². The third-order valence-electron chi connectivity index (χ3n) is 2.89. The lowest BCUT2D eigenvalue weighted by atomic mass is 9.99. The minimum absolute atomic E-state index is 0.0321. The molecule has 94 valence electrons. The largest absolute Gasteiger partial charge is 0.393 e. The van der Waals surface area contributed by atoms with Gasteiger partial charge in [0.1, 0.15) is 0 Å². The van der Waals surface area contributed by atoms with E-state index < -0.39 is 0 Å². The molecule has 1 aromatic heterocycles. The van der Waals surface area contributed by atoms with Crippen molar-refractivity contribution >= 4 is 28.5 Å². The zero-order valence-corrected chi connectivity index (χ0v) is 11.6. The van der Waals surface area contributed by atoms with Gasteiger partial charge in [-0.05, 0) is 12.5 Å². The molecule has 0 aliphatic rings. The van der Waals surface area contributed by atoms with Crippen LogP contribution in [0.3, 0.4) is 0 Å². The molecule has 0 saturated heterocycles. The number of benzene rings is 1. The fraction of sp³-hybridized carbons (Fsp3) is 0.231. The van der Waals surface area contributed by atoms with Crippen molar-refractivity contribution in [2.24, 2.45) is 5.73 Å². The molecule has 0 saturated carbocycles. The summed E-state index contributed by atoms with van der Waals surface area (Å²) in [6.07, 6.45) is 0. The Morgan fingerprint density at radius 2 is 2.11 bits per heavy atom. The van der Waals surface area contributed by atoms with E-state index in [0.717, 1.165) is 11.3 Å². The smallest absolute Gasteiger partial charge is 0.307 e. The highest BCUT2D eigenvalue weighted by Crippen LogP contribution is 2.18. The Balaban J connectivity index is 2.34. The number of aromatic nitrogens is 1. The molecule has 5 heteroatoms. The van der Waals surface area contributed by atoms with Crippen LogP contribution >= 0.6 is 23.6 Å². The number of thiazole rings is 1. The van der Waals surface area contributed by atoms with Gasteiger partial charge in [-0.2, -0.15) is 0 Å². The van der Waals surface area contributed by atoms with Crippen LogP contribution in [-0.2, 0) is 6.54 Å². The average molecular weight is 278 g/mol. The maximum Gasteiger partial charge on any atom is 0.307 e. The summed E-state index contributed by atoms with van der Waals surface area (Å²) in [5.41, 5.74) is 7.80. The topological polar surface area (TPSA) is 48.0 Å². The predicted octanol–water partition coefficient (Wildman–Crippen LogP) is 2.29. The maximum atomic E-state index is 11.7. The van der Waals surface area contributed by atoms with E-state index in [0.29, 0.717) is 11.5 Å². The predicted molar refractivity (Wildman–Crippen MR) is 79.3 cm³/mol. The van der Waals surface area contributed by atoms with Crippen LogP contribution in [0.1, 0.15) is 17.2 Å². The molecule has 0 aliphatic heterocycles. The summed E-state index contributed by atoms with van der Waals surface area (Å²) in [6.45, 7) is 2.42. The molecular formula is C13H14N2OS2. The third kappa shape index (κ3) is 2.68. The van der Waals surface area contributed by atoms with Gasteiger partial charge in [0, 0.05) is 17.6 Å². The van der Waals surface area contributed by atoms with Gasteiger partial charge in [-0.15, -0.1) is 0 Å². The van der Waals surface area contributed by atoms with E-state index in [9.17, 15) is 4.79 Å². The summed E-state index contributed by atoms with van der Waals surface area (Å²) in [6, 6.07) is 9.81. The summed E-state index contributed by atoms with van der Waals surface area (Å²) in [7, 11) is 0. The summed E-state index contributed by atoms with van der Waals surface area (Å²) >= 11 is 6.33. The quantitative estimate of drug-likeness (QED) is 0.873. The normalized spacial score (nSPS) is 12.3. The molecule has 0 amide bonds. The van der Waals surface area contributed by atoms with Gasteiger partial charge in [-0.25, -0.2) is 0 Å². The van der Waals surface area contributed by atoms with E-state index in [1.54, 1.807) is 4.57 Å². The van der Waals surface area contributed by atoms with Crippen LogP contribution < -0.4 is 10.6 Å². The van der Waals surface area contributed by atoms with Crippen LogP contribution in [0.2, 0.25) is 0 Å². The van der Waals surface area contributed by atoms with Crippen molar-refractivity contribution in [3.63, 3.8) is 0 Å². The molecule has 1 heterocycles. The highest BCUT2D eigenvalue weighted by atomic mass is 32.1. The first-order chi connectivity index (χ1) is 8.59. The molecule has 0 spiro atoms. The molecule has 1 unspecified atom stereocenters. The maximum absolute atomic E-state index is 11.7. The van der Waals surface area contributed by atoms with Gasteiger partial charge in [-0.3, -0.25) is 4.79 Å². The second kappa shape index (κ2) is 5.46. The van der Waals surface area contributed by atoms with Gasteiger partial charge in [0.05, 0.1) is 10.9 Å². The summed E-state index contributed by atoms with van der Waals surface area (Å²) in [4.78, 5) is 12.2. The van der Waals surface area contributed by atoms with Crippen LogP contribution in [0, 0.1) is 6.92 Å². The molecule has 1 aromatic carbocycles. The van der Waals surface area contributed by atoms with Crippen LogP contribution in [0.25, 0.3) is 0 Å². The average Bonchev–Trinajstić information content (AvgIpc) is 2.67. The lowest BCUT2D eigenvalue weighted by molar-refractivity contribution is 0.635. The zero-order chi connectivity index (χ0) is 13.1. The van der Waals surface area contributed by atoms with Gasteiger partial charge < -0.3 is 10.3 Å². The highest BCUT2D eigenvalue weighted by Gasteiger charge is 2.17. The monoisotopic (exact) mass is 278 g/mol. The van der Waals surface area contributed by atoms with Crippen LogP contribution in [0.5, 0.6) is 0 Å². The van der Waals surface area contributed by atoms with Gasteiger partial charge >= 0.3 is 4.87 Å². The fourth-order valence-corrected chi connectivity index (χ4v) is 2.81. The van der Waals surface area contributed by atoms with E-state index in [-0.39, 0.29) is 10.8 Å². The number of nitrogens with two attached hydrogens (primary N) is 1. The molecule has 2 aromatic rings. The highest BCUT2D eigenvalue weighted by molar-refractivity contribution is 7.80. The second-order valence-electron chi connectivity index (χ2n) is 4.12. The Kier molecular flexibility index (Phi) is 3.93. The number of nitrogens with zero attached hydrogens (tertiary/aromatic N) is 1. The number of hydrogen-bond donors (Lipinski definition) is 1. The first kappa shape index (κ1) is 13.0. The number of hydrogen-bond acceptors (Lipinski definition) is 3. The number of thiocarbonyl (C=S) groups is 1. The van der Waals surface area contributed by atoms with E-state index >= 15 is 0 Å². The van der Waals surface area contributed by atoms with E-state index in [4.69, 9.17) is 18.0 Å². The summed E-state index contributed by atoms with van der Waals surface area (Å²) < 4.78 is 1.72. The summed E-state index contributed by atoms with van der Waals surface area (Å²) in [5.74, 6) is -0.104. The molecule has 1 atom stereocenters. The molecule has 0 bridgehead atoms. The standard InChI is InChI=1S/C13H14N2OS2/c1-9-8-18-13(16)15(9)7-11(12(14)17)10-5-3-2-4-6-10/h2-6,8,11H,7H2,1H3,(H2,14,17). The Morgan fingerprint density at radius 1 is 1.44 bits per heavy atom. The van der Waals surface area contributed by atoms with E-state index in [1.807, 2.05) is 42.6 Å². The number of aryl methyl sites for hydroxylation is 1. The molecular weight excluding hydrogens is 264 g/mol. The Bertz CT molecular complexity index is 601. The molecule has 0 aliphatic carbocycles. The SMILES string of the molecule is Cc1csc(=O)n1CC(C(N)=S)c1ccccc1. The molecule has 0 radical (unpaired) electrons. The molecule has 3 nitrogen and oxygen atoms in total. The van der Waals surface area contributed by atoms with Crippen molar-refractivity contribution in [1.82, 2.24) is 4.57 Å². The van der Waals surface area contributed by atoms with Gasteiger partial charge in [-0.1, -0.05) is 53.9 Å². The minimum Gasteiger partial charge on any atom is -0.393 e. The van der Waals surface area contributed by atoms with E-state index in [2.05, 4.69) is 0 Å². The van der Waals surface area contributed by atoms with E-state index in [1.165, 1.54) is 11.3 Å². The van der Waals surface area contributed by atoms with Crippen molar-refractivity contribution < 1.29 is 0 Å². The minimum atomic E-state index is -0.104. The second-order valence-corrected chi connectivity index (χ2v) is 5.41. The lowest BCUT2D eigenvalue weighted by Crippen LogP contribution is -2.27.